The Morgan fingerprint density at radius 3 is 2.62 bits per heavy atom. The van der Waals surface area contributed by atoms with E-state index in [-0.39, 0.29) is 5.75 Å². The molecule has 0 aliphatic heterocycles. The molecule has 2 nitrogen and oxygen atoms in total. The fourth-order valence-electron chi connectivity index (χ4n) is 0.885. The van der Waals surface area contributed by atoms with Crippen LogP contribution >= 0.6 is 23.2 Å². The van der Waals surface area contributed by atoms with Gasteiger partial charge >= 0.3 is 0 Å². The Morgan fingerprint density at radius 2 is 2.08 bits per heavy atom. The van der Waals surface area contributed by atoms with Gasteiger partial charge < -0.3 is 0 Å². The Hall–Kier alpha value is -0.250. The van der Waals surface area contributed by atoms with E-state index < -0.39 is 9.73 Å². The monoisotopic (exact) mass is 237 g/mol. The number of benzene rings is 1. The van der Waals surface area contributed by atoms with Crippen LogP contribution in [0.2, 0.25) is 10.0 Å². The van der Waals surface area contributed by atoms with Crippen molar-refractivity contribution in [3.63, 3.8) is 0 Å². The van der Waals surface area contributed by atoms with Crippen molar-refractivity contribution in [3.05, 3.63) is 28.2 Å². The van der Waals surface area contributed by atoms with Gasteiger partial charge in [-0.05, 0) is 18.2 Å². The Labute approximate surface area is 87.8 Å². The Kier molecular flexibility index (Phi) is 3.22. The zero-order valence-electron chi connectivity index (χ0n) is 7.01. The summed E-state index contributed by atoms with van der Waals surface area (Å²) in [5.74, 6) is 0.243. The van der Waals surface area contributed by atoms with Crippen LogP contribution in [0.5, 0.6) is 0 Å². The number of nitrogens with one attached hydrogen (secondary N) is 1. The lowest BCUT2D eigenvalue weighted by molar-refractivity contribution is 0.675. The first kappa shape index (κ1) is 10.8. The normalized spacial score (nSPS) is 15.3. The van der Waals surface area contributed by atoms with Crippen LogP contribution in [0.15, 0.2) is 23.1 Å². The topological polar surface area (TPSA) is 40.9 Å². The van der Waals surface area contributed by atoms with Gasteiger partial charge in [0.05, 0.1) is 19.6 Å². The standard InChI is InChI=1S/C8H9Cl2NOS/c1-2-13(11,12)8-5-6(9)3-4-7(8)10/h3-5,11H,2H2,1H3/t13-/m0/s1. The highest BCUT2D eigenvalue weighted by Gasteiger charge is 2.12. The average molecular weight is 238 g/mol. The third-order valence-electron chi connectivity index (χ3n) is 1.66. The van der Waals surface area contributed by atoms with Crippen LogP contribution in [0.4, 0.5) is 0 Å². The highest BCUT2D eigenvalue weighted by molar-refractivity contribution is 7.92. The first-order chi connectivity index (χ1) is 5.97. The molecule has 0 saturated heterocycles. The first-order valence-electron chi connectivity index (χ1n) is 3.69. The van der Waals surface area contributed by atoms with Crippen molar-refractivity contribution in [2.24, 2.45) is 0 Å². The van der Waals surface area contributed by atoms with E-state index in [0.717, 1.165) is 0 Å². The molecule has 1 atom stereocenters. The predicted octanol–water partition coefficient (Wildman–Crippen LogP) is 3.42. The second kappa shape index (κ2) is 3.86. The fourth-order valence-corrected chi connectivity index (χ4v) is 2.62. The highest BCUT2D eigenvalue weighted by Crippen LogP contribution is 2.25. The SMILES string of the molecule is CC[S@](=N)(=O)c1cc(Cl)ccc1Cl. The summed E-state index contributed by atoms with van der Waals surface area (Å²) in [5, 5.41) is 0.791. The molecule has 0 fully saturated rings. The van der Waals surface area contributed by atoms with Crippen LogP contribution in [0.3, 0.4) is 0 Å². The molecule has 72 valence electrons. The second-order valence-corrected chi connectivity index (χ2v) is 5.75. The van der Waals surface area contributed by atoms with Crippen molar-refractivity contribution in [1.29, 1.82) is 4.78 Å². The molecule has 0 heterocycles. The molecule has 0 aliphatic carbocycles. The molecule has 1 aromatic carbocycles. The largest absolute Gasteiger partial charge is 0.249 e. The molecule has 0 aliphatic rings. The van der Waals surface area contributed by atoms with Gasteiger partial charge in [-0.2, -0.15) is 0 Å². The zero-order chi connectivity index (χ0) is 10.1. The van der Waals surface area contributed by atoms with E-state index in [1.54, 1.807) is 19.1 Å². The molecule has 0 aromatic heterocycles. The van der Waals surface area contributed by atoms with Gasteiger partial charge in [-0.3, -0.25) is 0 Å². The van der Waals surface area contributed by atoms with Crippen LogP contribution in [0.1, 0.15) is 6.92 Å². The number of rotatable bonds is 2. The second-order valence-electron chi connectivity index (χ2n) is 2.54. The lowest BCUT2D eigenvalue weighted by Gasteiger charge is -2.06. The van der Waals surface area contributed by atoms with Crippen molar-refractivity contribution in [1.82, 2.24) is 0 Å². The minimum atomic E-state index is -2.77. The van der Waals surface area contributed by atoms with Gasteiger partial charge in [-0.25, -0.2) is 8.99 Å². The van der Waals surface area contributed by atoms with Crippen molar-refractivity contribution in [2.45, 2.75) is 11.8 Å². The average Bonchev–Trinajstić information content (AvgIpc) is 2.09. The van der Waals surface area contributed by atoms with E-state index in [2.05, 4.69) is 0 Å². The molecular formula is C8H9Cl2NOS. The maximum absolute atomic E-state index is 11.7. The maximum Gasteiger partial charge on any atom is 0.0738 e. The minimum absolute atomic E-state index is 0.243. The molecule has 0 saturated carbocycles. The summed E-state index contributed by atoms with van der Waals surface area (Å²) < 4.78 is 19.2. The summed E-state index contributed by atoms with van der Waals surface area (Å²) >= 11 is 11.5. The lowest BCUT2D eigenvalue weighted by Crippen LogP contribution is -2.02. The smallest absolute Gasteiger partial charge is 0.0738 e. The molecule has 0 unspecified atom stereocenters. The molecule has 0 amide bonds. The van der Waals surface area contributed by atoms with Gasteiger partial charge in [0.1, 0.15) is 0 Å². The number of halogens is 2. The van der Waals surface area contributed by atoms with Gasteiger partial charge in [0.25, 0.3) is 0 Å². The minimum Gasteiger partial charge on any atom is -0.249 e. The van der Waals surface area contributed by atoms with Gasteiger partial charge in [-0.15, -0.1) is 0 Å². The van der Waals surface area contributed by atoms with Crippen molar-refractivity contribution >= 4 is 32.9 Å². The van der Waals surface area contributed by atoms with E-state index in [0.29, 0.717) is 14.9 Å². The van der Waals surface area contributed by atoms with Crippen molar-refractivity contribution in [2.75, 3.05) is 5.75 Å². The van der Waals surface area contributed by atoms with Gasteiger partial charge in [0, 0.05) is 10.8 Å². The van der Waals surface area contributed by atoms with Crippen LogP contribution in [-0.4, -0.2) is 9.96 Å². The molecule has 0 spiro atoms. The summed E-state index contributed by atoms with van der Waals surface area (Å²) in [4.78, 5) is 0.323. The van der Waals surface area contributed by atoms with Crippen molar-refractivity contribution < 1.29 is 4.21 Å². The van der Waals surface area contributed by atoms with E-state index in [9.17, 15) is 4.21 Å². The molecule has 5 heteroatoms. The molecule has 0 bridgehead atoms. The molecule has 1 N–H and O–H groups in total. The third-order valence-corrected chi connectivity index (χ3v) is 4.19. The predicted molar refractivity (Wildman–Crippen MR) is 56.1 cm³/mol. The molecule has 13 heavy (non-hydrogen) atoms. The van der Waals surface area contributed by atoms with E-state index in [4.69, 9.17) is 28.0 Å². The van der Waals surface area contributed by atoms with E-state index in [1.165, 1.54) is 6.07 Å². The summed E-state index contributed by atoms with van der Waals surface area (Å²) in [6, 6.07) is 4.66. The summed E-state index contributed by atoms with van der Waals surface area (Å²) in [6.07, 6.45) is 0. The Bertz CT molecular complexity index is 414. The van der Waals surface area contributed by atoms with E-state index >= 15 is 0 Å². The van der Waals surface area contributed by atoms with Gasteiger partial charge in [-0.1, -0.05) is 30.1 Å². The Morgan fingerprint density at radius 1 is 1.46 bits per heavy atom. The number of hydrogen-bond acceptors (Lipinski definition) is 2. The molecule has 1 rings (SSSR count). The van der Waals surface area contributed by atoms with Crippen molar-refractivity contribution in [3.8, 4) is 0 Å². The van der Waals surface area contributed by atoms with Gasteiger partial charge in [0.15, 0.2) is 0 Å². The van der Waals surface area contributed by atoms with Crippen LogP contribution < -0.4 is 0 Å². The van der Waals surface area contributed by atoms with Crippen LogP contribution in [0, 0.1) is 4.78 Å². The highest BCUT2D eigenvalue weighted by atomic mass is 35.5. The van der Waals surface area contributed by atoms with Crippen LogP contribution in [-0.2, 0) is 9.73 Å². The molecule has 0 radical (unpaired) electrons. The summed E-state index contributed by atoms with van der Waals surface area (Å²) in [7, 11) is -2.77. The first-order valence-corrected chi connectivity index (χ1v) is 6.17. The molecular weight excluding hydrogens is 229 g/mol. The summed E-state index contributed by atoms with van der Waals surface area (Å²) in [5.41, 5.74) is 0. The maximum atomic E-state index is 11.7. The number of hydrogen-bond donors (Lipinski definition) is 1. The Balaban J connectivity index is 3.38. The third kappa shape index (κ3) is 2.36. The molecule has 1 aromatic rings. The fraction of sp³-hybridized carbons (Fsp3) is 0.250. The quantitative estimate of drug-likeness (QED) is 0.842. The lowest BCUT2D eigenvalue weighted by atomic mass is 10.4. The van der Waals surface area contributed by atoms with Crippen LogP contribution in [0.25, 0.3) is 0 Å². The van der Waals surface area contributed by atoms with Gasteiger partial charge in [0.2, 0.25) is 0 Å². The van der Waals surface area contributed by atoms with E-state index in [1.807, 2.05) is 0 Å². The summed E-state index contributed by atoms with van der Waals surface area (Å²) in [6.45, 7) is 1.69. The zero-order valence-corrected chi connectivity index (χ0v) is 9.34.